The van der Waals surface area contributed by atoms with Gasteiger partial charge in [0.05, 0.1) is 26.4 Å². The number of ether oxygens (including phenoxy) is 3. The van der Waals surface area contributed by atoms with Crippen LogP contribution < -0.4 is 14.8 Å². The molecule has 21 heavy (non-hydrogen) atoms. The molecule has 0 spiro atoms. The van der Waals surface area contributed by atoms with Gasteiger partial charge in [-0.3, -0.25) is 0 Å². The van der Waals surface area contributed by atoms with Gasteiger partial charge in [0.2, 0.25) is 0 Å². The van der Waals surface area contributed by atoms with Crippen molar-refractivity contribution in [3.8, 4) is 11.5 Å². The summed E-state index contributed by atoms with van der Waals surface area (Å²) in [4.78, 5) is 0. The molecule has 2 N–H and O–H groups in total. The quantitative estimate of drug-likeness (QED) is 0.578. The molecule has 0 saturated carbocycles. The van der Waals surface area contributed by atoms with Gasteiger partial charge < -0.3 is 24.6 Å². The maximum absolute atomic E-state index is 8.65. The second-order valence-corrected chi connectivity index (χ2v) is 4.58. The highest BCUT2D eigenvalue weighted by Crippen LogP contribution is 2.25. The molecule has 0 unspecified atom stereocenters. The fraction of sp³-hybridized carbons (Fsp3) is 0.625. The van der Waals surface area contributed by atoms with Crippen molar-refractivity contribution in [3.05, 3.63) is 23.8 Å². The first-order valence-electron chi connectivity index (χ1n) is 7.59. The molecule has 0 amide bonds. The van der Waals surface area contributed by atoms with Gasteiger partial charge in [-0.15, -0.1) is 0 Å². The summed E-state index contributed by atoms with van der Waals surface area (Å²) in [6.45, 7) is 7.81. The fourth-order valence-corrected chi connectivity index (χ4v) is 1.76. The molecule has 120 valence electrons. The van der Waals surface area contributed by atoms with Crippen molar-refractivity contribution in [2.75, 3.05) is 39.6 Å². The topological polar surface area (TPSA) is 60.0 Å². The molecule has 5 heteroatoms. The van der Waals surface area contributed by atoms with Gasteiger partial charge in [0.15, 0.2) is 0 Å². The Labute approximate surface area is 127 Å². The minimum atomic E-state index is 0.0337. The van der Waals surface area contributed by atoms with E-state index in [1.165, 1.54) is 0 Å². The maximum Gasteiger partial charge on any atom is 0.127 e. The molecule has 0 aromatic heterocycles. The molecular formula is C16H27NO4. The van der Waals surface area contributed by atoms with Gasteiger partial charge in [-0.25, -0.2) is 0 Å². The van der Waals surface area contributed by atoms with E-state index in [2.05, 4.69) is 19.2 Å². The third-order valence-electron chi connectivity index (χ3n) is 2.80. The van der Waals surface area contributed by atoms with Crippen LogP contribution in [0, 0.1) is 0 Å². The predicted molar refractivity (Wildman–Crippen MR) is 83.0 cm³/mol. The van der Waals surface area contributed by atoms with Crippen molar-refractivity contribution >= 4 is 0 Å². The lowest BCUT2D eigenvalue weighted by atomic mass is 10.2. The van der Waals surface area contributed by atoms with Crippen LogP contribution in [0.3, 0.4) is 0 Å². The molecule has 0 atom stereocenters. The summed E-state index contributed by atoms with van der Waals surface area (Å²) in [5.41, 5.74) is 1.10. The number of aliphatic hydroxyl groups is 1. The molecule has 0 heterocycles. The van der Waals surface area contributed by atoms with Gasteiger partial charge in [0.25, 0.3) is 0 Å². The molecule has 1 rings (SSSR count). The van der Waals surface area contributed by atoms with Crippen LogP contribution in [-0.2, 0) is 11.3 Å². The van der Waals surface area contributed by atoms with Crippen LogP contribution in [0.25, 0.3) is 0 Å². The molecule has 0 bridgehead atoms. The Morgan fingerprint density at radius 3 is 2.62 bits per heavy atom. The standard InChI is InChI=1S/C16H27NO4/c1-3-8-20-15-6-5-14(13-17-4-2)16(12-15)21-11-10-19-9-7-18/h5-6,12,17-18H,3-4,7-11,13H2,1-2H3. The summed E-state index contributed by atoms with van der Waals surface area (Å²) in [7, 11) is 0. The Hall–Kier alpha value is -1.30. The normalized spacial score (nSPS) is 10.6. The molecule has 0 aliphatic heterocycles. The highest BCUT2D eigenvalue weighted by Gasteiger charge is 2.06. The Balaban J connectivity index is 2.60. The lowest BCUT2D eigenvalue weighted by Gasteiger charge is -2.14. The smallest absolute Gasteiger partial charge is 0.127 e. The number of aliphatic hydroxyl groups excluding tert-OH is 1. The van der Waals surface area contributed by atoms with Crippen LogP contribution in [0.2, 0.25) is 0 Å². The Kier molecular flexibility index (Phi) is 9.61. The third-order valence-corrected chi connectivity index (χ3v) is 2.80. The van der Waals surface area contributed by atoms with Crippen molar-refractivity contribution in [2.24, 2.45) is 0 Å². The molecule has 1 aromatic rings. The summed E-state index contributed by atoms with van der Waals surface area (Å²) >= 11 is 0. The van der Waals surface area contributed by atoms with E-state index in [-0.39, 0.29) is 6.61 Å². The van der Waals surface area contributed by atoms with Gasteiger partial charge in [-0.2, -0.15) is 0 Å². The van der Waals surface area contributed by atoms with Crippen molar-refractivity contribution in [1.29, 1.82) is 0 Å². The average molecular weight is 297 g/mol. The van der Waals surface area contributed by atoms with Gasteiger partial charge in [-0.05, 0) is 19.0 Å². The first-order chi connectivity index (χ1) is 10.3. The zero-order chi connectivity index (χ0) is 15.3. The van der Waals surface area contributed by atoms with Crippen molar-refractivity contribution in [3.63, 3.8) is 0 Å². The zero-order valence-corrected chi connectivity index (χ0v) is 13.1. The molecule has 0 aliphatic rings. The van der Waals surface area contributed by atoms with Crippen LogP contribution in [0.15, 0.2) is 18.2 Å². The molecule has 0 aliphatic carbocycles. The second kappa shape index (κ2) is 11.4. The van der Waals surface area contributed by atoms with Crippen molar-refractivity contribution in [1.82, 2.24) is 5.32 Å². The molecule has 5 nitrogen and oxygen atoms in total. The first-order valence-corrected chi connectivity index (χ1v) is 7.59. The summed E-state index contributed by atoms with van der Waals surface area (Å²) in [5, 5.41) is 11.9. The van der Waals surface area contributed by atoms with E-state index in [1.54, 1.807) is 0 Å². The van der Waals surface area contributed by atoms with E-state index in [0.29, 0.717) is 26.4 Å². The van der Waals surface area contributed by atoms with E-state index >= 15 is 0 Å². The van der Waals surface area contributed by atoms with Crippen molar-refractivity contribution in [2.45, 2.75) is 26.8 Å². The van der Waals surface area contributed by atoms with Gasteiger partial charge >= 0.3 is 0 Å². The monoisotopic (exact) mass is 297 g/mol. The number of hydrogen-bond donors (Lipinski definition) is 2. The van der Waals surface area contributed by atoms with E-state index in [0.717, 1.165) is 36.6 Å². The van der Waals surface area contributed by atoms with Gasteiger partial charge in [-0.1, -0.05) is 19.9 Å². The molecule has 0 radical (unpaired) electrons. The van der Waals surface area contributed by atoms with Gasteiger partial charge in [0.1, 0.15) is 18.1 Å². The molecule has 0 fully saturated rings. The third kappa shape index (κ3) is 7.32. The molecule has 0 saturated heterocycles. The summed E-state index contributed by atoms with van der Waals surface area (Å²) in [5.74, 6) is 1.64. The average Bonchev–Trinajstić information content (AvgIpc) is 2.51. The van der Waals surface area contributed by atoms with E-state index in [9.17, 15) is 0 Å². The maximum atomic E-state index is 8.65. The highest BCUT2D eigenvalue weighted by atomic mass is 16.5. The number of hydrogen-bond acceptors (Lipinski definition) is 5. The minimum Gasteiger partial charge on any atom is -0.493 e. The van der Waals surface area contributed by atoms with Crippen LogP contribution in [0.4, 0.5) is 0 Å². The van der Waals surface area contributed by atoms with E-state index < -0.39 is 0 Å². The van der Waals surface area contributed by atoms with Crippen LogP contribution in [0.1, 0.15) is 25.8 Å². The SMILES string of the molecule is CCCOc1ccc(CNCC)c(OCCOCCO)c1. The lowest BCUT2D eigenvalue weighted by molar-refractivity contribution is 0.0702. The van der Waals surface area contributed by atoms with Gasteiger partial charge in [0, 0.05) is 18.2 Å². The van der Waals surface area contributed by atoms with Crippen LogP contribution in [0.5, 0.6) is 11.5 Å². The summed E-state index contributed by atoms with van der Waals surface area (Å²) in [6, 6.07) is 5.92. The largest absolute Gasteiger partial charge is 0.493 e. The Bertz CT molecular complexity index is 385. The minimum absolute atomic E-state index is 0.0337. The van der Waals surface area contributed by atoms with Crippen LogP contribution in [-0.4, -0.2) is 44.7 Å². The number of benzene rings is 1. The summed E-state index contributed by atoms with van der Waals surface area (Å²) in [6.07, 6.45) is 0.977. The molecule has 1 aromatic carbocycles. The van der Waals surface area contributed by atoms with Crippen LogP contribution >= 0.6 is 0 Å². The van der Waals surface area contributed by atoms with Crippen molar-refractivity contribution < 1.29 is 19.3 Å². The number of nitrogens with one attached hydrogen (secondary N) is 1. The molecular weight excluding hydrogens is 270 g/mol. The summed E-state index contributed by atoms with van der Waals surface area (Å²) < 4.78 is 16.6. The Morgan fingerprint density at radius 2 is 1.90 bits per heavy atom. The first kappa shape index (κ1) is 17.8. The lowest BCUT2D eigenvalue weighted by Crippen LogP contribution is -2.14. The predicted octanol–water partition coefficient (Wildman–Crippen LogP) is 1.97. The van der Waals surface area contributed by atoms with E-state index in [1.807, 2.05) is 18.2 Å². The fourth-order valence-electron chi connectivity index (χ4n) is 1.76. The highest BCUT2D eigenvalue weighted by molar-refractivity contribution is 5.40. The Morgan fingerprint density at radius 1 is 1.05 bits per heavy atom. The second-order valence-electron chi connectivity index (χ2n) is 4.58. The van der Waals surface area contributed by atoms with E-state index in [4.69, 9.17) is 19.3 Å². The number of rotatable bonds is 12. The zero-order valence-electron chi connectivity index (χ0n) is 13.1.